The Morgan fingerprint density at radius 1 is 1.03 bits per heavy atom. The molecule has 2 aliphatic heterocycles. The molecule has 2 aromatic rings. The number of aliphatic hydroxyl groups is 4. The standard InChI is InChI=1S/C24H30ClNO6/c1-26-10-15(11-26)13-31-18-5-2-14(3-6-18)8-17-9-16(4-7-19(17)25)24-23(30)22(29)21(28)20(12-27)32-24/h2-7,9,15,20-24,27-30H,8,10-13H2,1H3/t20-,21-,22+,23-,24?/m1/s1. The van der Waals surface area contributed by atoms with Crippen molar-refractivity contribution in [3.63, 3.8) is 0 Å². The molecule has 2 aliphatic rings. The molecule has 4 N–H and O–H groups in total. The number of hydrogen-bond donors (Lipinski definition) is 4. The molecule has 1 unspecified atom stereocenters. The molecular formula is C24H30ClNO6. The summed E-state index contributed by atoms with van der Waals surface area (Å²) in [7, 11) is 2.10. The molecule has 2 saturated heterocycles. The summed E-state index contributed by atoms with van der Waals surface area (Å²) in [5, 5.41) is 40.5. The number of nitrogens with zero attached hydrogens (tertiary/aromatic N) is 1. The molecule has 174 valence electrons. The highest BCUT2D eigenvalue weighted by molar-refractivity contribution is 6.31. The van der Waals surface area contributed by atoms with E-state index in [0.29, 0.717) is 22.9 Å². The minimum atomic E-state index is -1.42. The summed E-state index contributed by atoms with van der Waals surface area (Å²) in [5.74, 6) is 1.42. The van der Waals surface area contributed by atoms with Gasteiger partial charge in [0.15, 0.2) is 0 Å². The third kappa shape index (κ3) is 5.10. The molecule has 7 nitrogen and oxygen atoms in total. The third-order valence-corrected chi connectivity index (χ3v) is 6.60. The highest BCUT2D eigenvalue weighted by Crippen LogP contribution is 2.34. The van der Waals surface area contributed by atoms with Crippen molar-refractivity contribution in [3.05, 3.63) is 64.2 Å². The second-order valence-corrected chi connectivity index (χ2v) is 9.23. The van der Waals surface area contributed by atoms with Crippen LogP contribution >= 0.6 is 11.6 Å². The normalized spacial score (nSPS) is 29.0. The molecule has 0 aliphatic carbocycles. The van der Waals surface area contributed by atoms with Crippen LogP contribution in [0, 0.1) is 5.92 Å². The minimum absolute atomic E-state index is 0.465. The lowest BCUT2D eigenvalue weighted by Crippen LogP contribution is -2.55. The lowest BCUT2D eigenvalue weighted by atomic mass is 9.90. The van der Waals surface area contributed by atoms with Gasteiger partial charge in [-0.3, -0.25) is 0 Å². The zero-order valence-corrected chi connectivity index (χ0v) is 18.7. The molecule has 0 spiro atoms. The average Bonchev–Trinajstić information content (AvgIpc) is 2.77. The Labute approximate surface area is 192 Å². The zero-order valence-electron chi connectivity index (χ0n) is 18.0. The molecular weight excluding hydrogens is 434 g/mol. The van der Waals surface area contributed by atoms with Crippen molar-refractivity contribution in [2.75, 3.05) is 33.4 Å². The first-order valence-corrected chi connectivity index (χ1v) is 11.2. The predicted molar refractivity (Wildman–Crippen MR) is 120 cm³/mol. The van der Waals surface area contributed by atoms with Gasteiger partial charge in [0.1, 0.15) is 36.3 Å². The van der Waals surface area contributed by atoms with Crippen molar-refractivity contribution < 1.29 is 29.9 Å². The van der Waals surface area contributed by atoms with Crippen molar-refractivity contribution in [1.82, 2.24) is 4.90 Å². The largest absolute Gasteiger partial charge is 0.493 e. The lowest BCUT2D eigenvalue weighted by molar-refractivity contribution is -0.231. The number of rotatable bonds is 7. The number of halogens is 1. The van der Waals surface area contributed by atoms with E-state index in [4.69, 9.17) is 21.1 Å². The van der Waals surface area contributed by atoms with Crippen LogP contribution in [0.15, 0.2) is 42.5 Å². The van der Waals surface area contributed by atoms with E-state index in [-0.39, 0.29) is 0 Å². The zero-order chi connectivity index (χ0) is 22.8. The van der Waals surface area contributed by atoms with Crippen LogP contribution in [-0.2, 0) is 11.2 Å². The SMILES string of the molecule is CN1CC(COc2ccc(Cc3cc(C4O[C@H](CO)[C@@H](O)[C@H](O)[C@H]4O)ccc3Cl)cc2)C1. The van der Waals surface area contributed by atoms with Crippen molar-refractivity contribution in [3.8, 4) is 5.75 Å². The maximum atomic E-state index is 10.4. The van der Waals surface area contributed by atoms with Crippen molar-refractivity contribution in [1.29, 1.82) is 0 Å². The van der Waals surface area contributed by atoms with E-state index in [1.54, 1.807) is 12.1 Å². The fourth-order valence-corrected chi connectivity index (χ4v) is 4.54. The van der Waals surface area contributed by atoms with Crippen LogP contribution in [0.2, 0.25) is 5.02 Å². The summed E-state index contributed by atoms with van der Waals surface area (Å²) in [6, 6.07) is 13.2. The number of benzene rings is 2. The summed E-state index contributed by atoms with van der Waals surface area (Å²) >= 11 is 6.42. The third-order valence-electron chi connectivity index (χ3n) is 6.23. The summed E-state index contributed by atoms with van der Waals surface area (Å²) in [5.41, 5.74) is 2.51. The first kappa shape index (κ1) is 23.4. The van der Waals surface area contributed by atoms with Gasteiger partial charge in [0, 0.05) is 24.0 Å². The van der Waals surface area contributed by atoms with E-state index in [0.717, 1.165) is 36.6 Å². The number of hydrogen-bond acceptors (Lipinski definition) is 7. The van der Waals surface area contributed by atoms with Crippen LogP contribution in [0.5, 0.6) is 5.75 Å². The molecule has 5 atom stereocenters. The second-order valence-electron chi connectivity index (χ2n) is 8.82. The van der Waals surface area contributed by atoms with Crippen LogP contribution in [0.25, 0.3) is 0 Å². The topological polar surface area (TPSA) is 103 Å². The molecule has 2 aromatic carbocycles. The van der Waals surface area contributed by atoms with Gasteiger partial charge in [-0.1, -0.05) is 35.9 Å². The minimum Gasteiger partial charge on any atom is -0.493 e. The van der Waals surface area contributed by atoms with E-state index in [1.807, 2.05) is 30.3 Å². The number of aliphatic hydroxyl groups excluding tert-OH is 4. The molecule has 0 amide bonds. The molecule has 0 radical (unpaired) electrons. The Balaban J connectivity index is 1.43. The molecule has 0 aromatic heterocycles. The van der Waals surface area contributed by atoms with Crippen LogP contribution in [0.1, 0.15) is 22.8 Å². The molecule has 0 saturated carbocycles. The first-order chi connectivity index (χ1) is 15.4. The Bertz CT molecular complexity index is 902. The monoisotopic (exact) mass is 463 g/mol. The van der Waals surface area contributed by atoms with E-state index in [2.05, 4.69) is 11.9 Å². The second kappa shape index (κ2) is 10.1. The van der Waals surface area contributed by atoms with Gasteiger partial charge in [-0.05, 0) is 48.4 Å². The van der Waals surface area contributed by atoms with Crippen LogP contribution in [-0.4, -0.2) is 83.1 Å². The van der Waals surface area contributed by atoms with E-state index in [9.17, 15) is 20.4 Å². The van der Waals surface area contributed by atoms with Gasteiger partial charge in [-0.25, -0.2) is 0 Å². The summed E-state index contributed by atoms with van der Waals surface area (Å²) < 4.78 is 11.5. The molecule has 32 heavy (non-hydrogen) atoms. The highest BCUT2D eigenvalue weighted by atomic mass is 35.5. The maximum absolute atomic E-state index is 10.4. The van der Waals surface area contributed by atoms with Crippen molar-refractivity contribution in [2.45, 2.75) is 36.9 Å². The molecule has 0 bridgehead atoms. The van der Waals surface area contributed by atoms with E-state index < -0.39 is 37.1 Å². The summed E-state index contributed by atoms with van der Waals surface area (Å²) in [6.45, 7) is 2.40. The first-order valence-electron chi connectivity index (χ1n) is 10.8. The van der Waals surface area contributed by atoms with Crippen LogP contribution in [0.3, 0.4) is 0 Å². The summed E-state index contributed by atoms with van der Waals surface area (Å²) in [6.07, 6.45) is -5.40. The Morgan fingerprint density at radius 2 is 1.75 bits per heavy atom. The van der Waals surface area contributed by atoms with Gasteiger partial charge in [0.25, 0.3) is 0 Å². The van der Waals surface area contributed by atoms with Crippen LogP contribution in [0.4, 0.5) is 0 Å². The van der Waals surface area contributed by atoms with Gasteiger partial charge in [-0.2, -0.15) is 0 Å². The Morgan fingerprint density at radius 3 is 2.41 bits per heavy atom. The quantitative estimate of drug-likeness (QED) is 0.492. The highest BCUT2D eigenvalue weighted by Gasteiger charge is 2.44. The number of likely N-dealkylation sites (tertiary alicyclic amines) is 1. The summed E-state index contributed by atoms with van der Waals surface area (Å²) in [4.78, 5) is 2.26. The smallest absolute Gasteiger partial charge is 0.119 e. The predicted octanol–water partition coefficient (Wildman–Crippen LogP) is 1.39. The average molecular weight is 464 g/mol. The number of ether oxygens (including phenoxy) is 2. The van der Waals surface area contributed by atoms with Gasteiger partial charge in [0.05, 0.1) is 13.2 Å². The fraction of sp³-hybridized carbons (Fsp3) is 0.500. The van der Waals surface area contributed by atoms with Crippen molar-refractivity contribution in [2.24, 2.45) is 5.92 Å². The molecule has 4 rings (SSSR count). The van der Waals surface area contributed by atoms with Gasteiger partial charge in [0.2, 0.25) is 0 Å². The van der Waals surface area contributed by atoms with Gasteiger partial charge >= 0.3 is 0 Å². The maximum Gasteiger partial charge on any atom is 0.119 e. The lowest BCUT2D eigenvalue weighted by Gasteiger charge is -2.40. The Hall–Kier alpha value is -1.71. The molecule has 2 heterocycles. The molecule has 8 heteroatoms. The van der Waals surface area contributed by atoms with Gasteiger partial charge in [-0.15, -0.1) is 0 Å². The van der Waals surface area contributed by atoms with E-state index >= 15 is 0 Å². The van der Waals surface area contributed by atoms with Crippen LogP contribution < -0.4 is 4.74 Å². The molecule has 2 fully saturated rings. The fourth-order valence-electron chi connectivity index (χ4n) is 4.36. The van der Waals surface area contributed by atoms with Gasteiger partial charge < -0.3 is 34.8 Å². The Kier molecular flexibility index (Phi) is 7.37. The van der Waals surface area contributed by atoms with Crippen molar-refractivity contribution >= 4 is 11.6 Å². The van der Waals surface area contributed by atoms with E-state index in [1.165, 1.54) is 0 Å².